The highest BCUT2D eigenvalue weighted by atomic mass is 16.1. The second-order valence-corrected chi connectivity index (χ2v) is 5.53. The molecule has 1 aromatic carbocycles. The standard InChI is InChI=1S/C18H24O/c1-2-15-9-12-17(13-10-15)18(19)14-11-16-7-5-3-4-6-8-16/h9-14,16H,2-8H2,1H3/b14-11+. The quantitative estimate of drug-likeness (QED) is 0.423. The first-order chi connectivity index (χ1) is 9.29. The van der Waals surface area contributed by atoms with Gasteiger partial charge >= 0.3 is 0 Å². The Morgan fingerprint density at radius 1 is 1.11 bits per heavy atom. The highest BCUT2D eigenvalue weighted by molar-refractivity contribution is 6.04. The van der Waals surface area contributed by atoms with E-state index in [-0.39, 0.29) is 5.78 Å². The van der Waals surface area contributed by atoms with E-state index in [1.807, 2.05) is 24.3 Å². The van der Waals surface area contributed by atoms with Gasteiger partial charge in [0.25, 0.3) is 0 Å². The van der Waals surface area contributed by atoms with Gasteiger partial charge in [0, 0.05) is 5.56 Å². The maximum atomic E-state index is 12.1. The van der Waals surface area contributed by atoms with Crippen LogP contribution in [0.25, 0.3) is 0 Å². The van der Waals surface area contributed by atoms with Crippen molar-refractivity contribution in [3.05, 3.63) is 47.5 Å². The summed E-state index contributed by atoms with van der Waals surface area (Å²) >= 11 is 0. The van der Waals surface area contributed by atoms with Gasteiger partial charge in [0.2, 0.25) is 0 Å². The molecule has 19 heavy (non-hydrogen) atoms. The molecule has 2 rings (SSSR count). The van der Waals surface area contributed by atoms with Gasteiger partial charge in [0.15, 0.2) is 5.78 Å². The maximum absolute atomic E-state index is 12.1. The molecule has 0 atom stereocenters. The Morgan fingerprint density at radius 3 is 2.32 bits per heavy atom. The number of carbonyl (C=O) groups excluding carboxylic acids is 1. The lowest BCUT2D eigenvalue weighted by molar-refractivity contribution is 0.104. The van der Waals surface area contributed by atoms with E-state index in [0.29, 0.717) is 5.92 Å². The Morgan fingerprint density at radius 2 is 1.74 bits per heavy atom. The molecule has 1 aromatic rings. The number of aryl methyl sites for hydroxylation is 1. The minimum absolute atomic E-state index is 0.145. The first kappa shape index (κ1) is 14.0. The van der Waals surface area contributed by atoms with Crippen molar-refractivity contribution in [2.24, 2.45) is 5.92 Å². The monoisotopic (exact) mass is 256 g/mol. The number of ketones is 1. The lowest BCUT2D eigenvalue weighted by Gasteiger charge is -2.07. The highest BCUT2D eigenvalue weighted by Gasteiger charge is 2.09. The van der Waals surface area contributed by atoms with Gasteiger partial charge in [-0.1, -0.05) is 62.9 Å². The summed E-state index contributed by atoms with van der Waals surface area (Å²) in [7, 11) is 0. The van der Waals surface area contributed by atoms with Gasteiger partial charge < -0.3 is 0 Å². The second kappa shape index (κ2) is 7.28. The molecule has 1 saturated carbocycles. The largest absolute Gasteiger partial charge is 0.289 e. The average molecular weight is 256 g/mol. The summed E-state index contributed by atoms with van der Waals surface area (Å²) in [6.45, 7) is 2.13. The van der Waals surface area contributed by atoms with Crippen molar-refractivity contribution in [1.29, 1.82) is 0 Å². The van der Waals surface area contributed by atoms with Crippen molar-refractivity contribution in [2.45, 2.75) is 51.9 Å². The highest BCUT2D eigenvalue weighted by Crippen LogP contribution is 2.23. The third kappa shape index (κ3) is 4.34. The van der Waals surface area contributed by atoms with E-state index in [1.165, 1.54) is 44.1 Å². The van der Waals surface area contributed by atoms with E-state index < -0.39 is 0 Å². The van der Waals surface area contributed by atoms with Crippen molar-refractivity contribution >= 4 is 5.78 Å². The zero-order valence-electron chi connectivity index (χ0n) is 11.9. The molecule has 0 saturated heterocycles. The van der Waals surface area contributed by atoms with Crippen LogP contribution in [0.3, 0.4) is 0 Å². The third-order valence-corrected chi connectivity index (χ3v) is 4.07. The van der Waals surface area contributed by atoms with Crippen LogP contribution in [0.4, 0.5) is 0 Å². The van der Waals surface area contributed by atoms with Crippen LogP contribution in [0.1, 0.15) is 61.4 Å². The zero-order chi connectivity index (χ0) is 13.5. The SMILES string of the molecule is CCc1ccc(C(=O)/C=C/C2CCCCCC2)cc1. The molecule has 1 aliphatic rings. The first-order valence-electron chi connectivity index (χ1n) is 7.61. The normalized spacial score (nSPS) is 17.5. The molecule has 0 N–H and O–H groups in total. The Hall–Kier alpha value is -1.37. The Kier molecular flexibility index (Phi) is 5.38. The van der Waals surface area contributed by atoms with Crippen LogP contribution in [0.5, 0.6) is 0 Å². The fourth-order valence-electron chi connectivity index (χ4n) is 2.73. The number of rotatable bonds is 4. The van der Waals surface area contributed by atoms with E-state index in [0.717, 1.165) is 12.0 Å². The van der Waals surface area contributed by atoms with Gasteiger partial charge in [-0.3, -0.25) is 4.79 Å². The van der Waals surface area contributed by atoms with Crippen molar-refractivity contribution < 1.29 is 4.79 Å². The Bertz CT molecular complexity index is 420. The molecule has 0 heterocycles. The predicted octanol–water partition coefficient (Wildman–Crippen LogP) is 4.96. The average Bonchev–Trinajstić information content (AvgIpc) is 2.73. The molecule has 0 radical (unpaired) electrons. The van der Waals surface area contributed by atoms with Crippen LogP contribution in [-0.4, -0.2) is 5.78 Å². The second-order valence-electron chi connectivity index (χ2n) is 5.53. The van der Waals surface area contributed by atoms with Crippen LogP contribution < -0.4 is 0 Å². The van der Waals surface area contributed by atoms with Gasteiger partial charge in [0.05, 0.1) is 0 Å². The zero-order valence-corrected chi connectivity index (χ0v) is 11.9. The van der Waals surface area contributed by atoms with Crippen molar-refractivity contribution in [3.8, 4) is 0 Å². The summed E-state index contributed by atoms with van der Waals surface area (Å²) in [6, 6.07) is 7.98. The number of carbonyl (C=O) groups is 1. The predicted molar refractivity (Wildman–Crippen MR) is 80.5 cm³/mol. The van der Waals surface area contributed by atoms with Crippen LogP contribution in [0, 0.1) is 5.92 Å². The van der Waals surface area contributed by atoms with E-state index in [1.54, 1.807) is 6.08 Å². The number of benzene rings is 1. The van der Waals surface area contributed by atoms with Crippen LogP contribution in [0.15, 0.2) is 36.4 Å². The van der Waals surface area contributed by atoms with Crippen LogP contribution >= 0.6 is 0 Å². The first-order valence-corrected chi connectivity index (χ1v) is 7.61. The maximum Gasteiger partial charge on any atom is 0.185 e. The van der Waals surface area contributed by atoms with Crippen molar-refractivity contribution in [2.75, 3.05) is 0 Å². The molecule has 0 bridgehead atoms. The van der Waals surface area contributed by atoms with Crippen molar-refractivity contribution in [3.63, 3.8) is 0 Å². The molecule has 0 unspecified atom stereocenters. The Balaban J connectivity index is 1.94. The summed E-state index contributed by atoms with van der Waals surface area (Å²) < 4.78 is 0. The summed E-state index contributed by atoms with van der Waals surface area (Å²) in [5, 5.41) is 0. The van der Waals surface area contributed by atoms with E-state index in [4.69, 9.17) is 0 Å². The smallest absolute Gasteiger partial charge is 0.185 e. The summed E-state index contributed by atoms with van der Waals surface area (Å²) in [4.78, 5) is 12.1. The van der Waals surface area contributed by atoms with E-state index in [2.05, 4.69) is 13.0 Å². The molecule has 0 aliphatic heterocycles. The van der Waals surface area contributed by atoms with Crippen molar-refractivity contribution in [1.82, 2.24) is 0 Å². The third-order valence-electron chi connectivity index (χ3n) is 4.07. The molecule has 0 aromatic heterocycles. The molecule has 0 spiro atoms. The fourth-order valence-corrected chi connectivity index (χ4v) is 2.73. The number of hydrogen-bond donors (Lipinski definition) is 0. The van der Waals surface area contributed by atoms with E-state index in [9.17, 15) is 4.79 Å². The van der Waals surface area contributed by atoms with E-state index >= 15 is 0 Å². The lowest BCUT2D eigenvalue weighted by atomic mass is 9.98. The Labute approximate surface area is 116 Å². The molecular formula is C18H24O. The van der Waals surface area contributed by atoms with Crippen LogP contribution in [0.2, 0.25) is 0 Å². The summed E-state index contributed by atoms with van der Waals surface area (Å²) in [5.74, 6) is 0.758. The minimum Gasteiger partial charge on any atom is -0.289 e. The summed E-state index contributed by atoms with van der Waals surface area (Å²) in [6.07, 6.45) is 12.8. The minimum atomic E-state index is 0.145. The molecule has 102 valence electrons. The van der Waals surface area contributed by atoms with Gasteiger partial charge in [-0.15, -0.1) is 0 Å². The molecule has 1 fully saturated rings. The lowest BCUT2D eigenvalue weighted by Crippen LogP contribution is -1.98. The van der Waals surface area contributed by atoms with Gasteiger partial charge in [-0.2, -0.15) is 0 Å². The van der Waals surface area contributed by atoms with Gasteiger partial charge in [-0.05, 0) is 36.8 Å². The molecule has 0 amide bonds. The molecular weight excluding hydrogens is 232 g/mol. The molecule has 1 heteroatoms. The molecule has 1 aliphatic carbocycles. The number of hydrogen-bond acceptors (Lipinski definition) is 1. The number of allylic oxidation sites excluding steroid dienone is 2. The molecule has 1 nitrogen and oxygen atoms in total. The van der Waals surface area contributed by atoms with Gasteiger partial charge in [0.1, 0.15) is 0 Å². The topological polar surface area (TPSA) is 17.1 Å². The summed E-state index contributed by atoms with van der Waals surface area (Å²) in [5.41, 5.74) is 2.09. The fraction of sp³-hybridized carbons (Fsp3) is 0.500. The van der Waals surface area contributed by atoms with Crippen LogP contribution in [-0.2, 0) is 6.42 Å². The van der Waals surface area contributed by atoms with Gasteiger partial charge in [-0.25, -0.2) is 0 Å².